The number of carbonyl (C=O) groups is 2. The number of nitrogens with one attached hydrogen (secondary N) is 1. The Bertz CT molecular complexity index is 989. The first-order valence-electron chi connectivity index (χ1n) is 9.29. The van der Waals surface area contributed by atoms with E-state index in [2.05, 4.69) is 10.3 Å². The SMILES string of the molecule is CC(=O)N1C[C@H]2C[C@@H](C1)[C@H](C(=O)NCc1ncccc1Cl)n1c2cccc1=O. The van der Waals surface area contributed by atoms with E-state index in [-0.39, 0.29) is 35.8 Å². The molecule has 4 rings (SSSR count). The highest BCUT2D eigenvalue weighted by atomic mass is 35.5. The highest BCUT2D eigenvalue weighted by Gasteiger charge is 2.44. The van der Waals surface area contributed by atoms with E-state index in [4.69, 9.17) is 11.6 Å². The number of hydrogen-bond donors (Lipinski definition) is 1. The molecule has 7 nitrogen and oxygen atoms in total. The van der Waals surface area contributed by atoms with E-state index in [1.807, 2.05) is 6.07 Å². The first kappa shape index (κ1) is 18.7. The number of carbonyl (C=O) groups excluding carboxylic acids is 2. The Morgan fingerprint density at radius 1 is 1.25 bits per heavy atom. The molecule has 0 aromatic carbocycles. The summed E-state index contributed by atoms with van der Waals surface area (Å²) in [4.78, 5) is 43.7. The van der Waals surface area contributed by atoms with E-state index in [0.717, 1.165) is 12.1 Å². The molecule has 8 heteroatoms. The summed E-state index contributed by atoms with van der Waals surface area (Å²) in [5, 5.41) is 3.35. The van der Waals surface area contributed by atoms with Crippen LogP contribution in [0.25, 0.3) is 0 Å². The fourth-order valence-electron chi connectivity index (χ4n) is 4.35. The molecule has 0 saturated carbocycles. The standard InChI is InChI=1S/C20H21ClN4O3/c1-12(26)24-10-13-8-14(11-24)19(25-17(13)5-2-6-18(25)27)20(28)23-9-16-15(21)4-3-7-22-16/h2-7,13-14,19H,8-11H2,1H3,(H,23,28)/t13-,14+,19-/m1/s1. The van der Waals surface area contributed by atoms with Crippen LogP contribution >= 0.6 is 11.6 Å². The van der Waals surface area contributed by atoms with Gasteiger partial charge in [0.05, 0.1) is 17.3 Å². The molecule has 2 aliphatic heterocycles. The maximum atomic E-state index is 13.1. The van der Waals surface area contributed by atoms with Crippen molar-refractivity contribution < 1.29 is 9.59 Å². The Morgan fingerprint density at radius 2 is 2.07 bits per heavy atom. The number of halogens is 1. The maximum absolute atomic E-state index is 13.1. The lowest BCUT2D eigenvalue weighted by Crippen LogP contribution is -2.54. The Balaban J connectivity index is 1.66. The van der Waals surface area contributed by atoms with Crippen LogP contribution < -0.4 is 10.9 Å². The summed E-state index contributed by atoms with van der Waals surface area (Å²) in [7, 11) is 0. The third-order valence-corrected chi connectivity index (χ3v) is 5.97. The van der Waals surface area contributed by atoms with Crippen LogP contribution in [0, 0.1) is 5.92 Å². The quantitative estimate of drug-likeness (QED) is 0.850. The van der Waals surface area contributed by atoms with Crippen molar-refractivity contribution in [3.8, 4) is 0 Å². The average Bonchev–Trinajstić information content (AvgIpc) is 2.68. The molecule has 0 aliphatic carbocycles. The van der Waals surface area contributed by atoms with Gasteiger partial charge in [-0.1, -0.05) is 17.7 Å². The number of hydrogen-bond acceptors (Lipinski definition) is 4. The average molecular weight is 401 g/mol. The lowest BCUT2D eigenvalue weighted by atomic mass is 9.78. The summed E-state index contributed by atoms with van der Waals surface area (Å²) in [6.45, 7) is 2.76. The second-order valence-electron chi connectivity index (χ2n) is 7.37. The molecule has 4 heterocycles. The first-order chi connectivity index (χ1) is 13.5. The fraction of sp³-hybridized carbons (Fsp3) is 0.400. The summed E-state index contributed by atoms with van der Waals surface area (Å²) in [6.07, 6.45) is 2.39. The molecule has 28 heavy (non-hydrogen) atoms. The van der Waals surface area contributed by atoms with Crippen molar-refractivity contribution in [1.82, 2.24) is 19.8 Å². The van der Waals surface area contributed by atoms with Gasteiger partial charge in [-0.05, 0) is 24.6 Å². The lowest BCUT2D eigenvalue weighted by molar-refractivity contribution is -0.135. The Labute approximate surface area is 167 Å². The van der Waals surface area contributed by atoms with E-state index in [1.54, 1.807) is 33.9 Å². The third-order valence-electron chi connectivity index (χ3n) is 5.63. The van der Waals surface area contributed by atoms with Gasteiger partial charge in [0.15, 0.2) is 0 Å². The van der Waals surface area contributed by atoms with Crippen molar-refractivity contribution in [2.24, 2.45) is 5.92 Å². The van der Waals surface area contributed by atoms with Crippen LogP contribution in [0.3, 0.4) is 0 Å². The molecule has 2 aromatic heterocycles. The molecule has 1 N–H and O–H groups in total. The van der Waals surface area contributed by atoms with Crippen molar-refractivity contribution in [2.75, 3.05) is 13.1 Å². The second-order valence-corrected chi connectivity index (χ2v) is 7.78. The number of piperidine rings is 1. The minimum atomic E-state index is -0.662. The number of fused-ring (bicyclic) bond motifs is 4. The summed E-state index contributed by atoms with van der Waals surface area (Å²) in [5.74, 6) is -0.328. The normalized spacial score (nSPS) is 23.1. The van der Waals surface area contributed by atoms with Crippen molar-refractivity contribution in [3.63, 3.8) is 0 Å². The maximum Gasteiger partial charge on any atom is 0.251 e. The van der Waals surface area contributed by atoms with Gasteiger partial charge >= 0.3 is 0 Å². The Hall–Kier alpha value is -2.67. The van der Waals surface area contributed by atoms with Crippen LogP contribution in [0.15, 0.2) is 41.3 Å². The smallest absolute Gasteiger partial charge is 0.251 e. The number of likely N-dealkylation sites (tertiary alicyclic amines) is 1. The van der Waals surface area contributed by atoms with Crippen molar-refractivity contribution in [2.45, 2.75) is 31.8 Å². The van der Waals surface area contributed by atoms with Gasteiger partial charge in [0.25, 0.3) is 5.56 Å². The topological polar surface area (TPSA) is 84.3 Å². The number of nitrogens with zero attached hydrogens (tertiary/aromatic N) is 3. The molecule has 1 saturated heterocycles. The van der Waals surface area contributed by atoms with Crippen LogP contribution in [0.2, 0.25) is 5.02 Å². The van der Waals surface area contributed by atoms with Crippen LogP contribution in [0.5, 0.6) is 0 Å². The van der Waals surface area contributed by atoms with Gasteiger partial charge < -0.3 is 10.2 Å². The molecule has 2 bridgehead atoms. The van der Waals surface area contributed by atoms with Gasteiger partial charge in [-0.15, -0.1) is 0 Å². The molecule has 2 aromatic rings. The van der Waals surface area contributed by atoms with E-state index in [1.165, 1.54) is 13.0 Å². The lowest BCUT2D eigenvalue weighted by Gasteiger charge is -2.46. The monoisotopic (exact) mass is 400 g/mol. The molecule has 1 fully saturated rings. The van der Waals surface area contributed by atoms with Crippen LogP contribution in [-0.2, 0) is 16.1 Å². The zero-order valence-electron chi connectivity index (χ0n) is 15.5. The van der Waals surface area contributed by atoms with Gasteiger partial charge in [-0.2, -0.15) is 0 Å². The summed E-state index contributed by atoms with van der Waals surface area (Å²) in [5.41, 5.74) is 1.19. The number of pyridine rings is 2. The van der Waals surface area contributed by atoms with Crippen LogP contribution in [0.4, 0.5) is 0 Å². The molecule has 3 atom stereocenters. The van der Waals surface area contributed by atoms with E-state index >= 15 is 0 Å². The predicted molar refractivity (Wildman–Crippen MR) is 104 cm³/mol. The van der Waals surface area contributed by atoms with E-state index < -0.39 is 6.04 Å². The third kappa shape index (κ3) is 3.30. The summed E-state index contributed by atoms with van der Waals surface area (Å²) >= 11 is 6.12. The second kappa shape index (κ2) is 7.39. The fourth-order valence-corrected chi connectivity index (χ4v) is 4.54. The molecule has 2 aliphatic rings. The van der Waals surface area contributed by atoms with Gasteiger partial charge in [0.2, 0.25) is 11.8 Å². The highest BCUT2D eigenvalue weighted by Crippen LogP contribution is 2.41. The Morgan fingerprint density at radius 3 is 2.82 bits per heavy atom. The van der Waals surface area contributed by atoms with Gasteiger partial charge in [-0.25, -0.2) is 0 Å². The summed E-state index contributed by atoms with van der Waals surface area (Å²) < 4.78 is 1.60. The molecule has 0 unspecified atom stereocenters. The van der Waals surface area contributed by atoms with Gasteiger partial charge in [-0.3, -0.25) is 23.9 Å². The molecular weight excluding hydrogens is 380 g/mol. The van der Waals surface area contributed by atoms with Gasteiger partial charge in [0, 0.05) is 49.8 Å². The van der Waals surface area contributed by atoms with Crippen LogP contribution in [0.1, 0.15) is 36.7 Å². The summed E-state index contributed by atoms with van der Waals surface area (Å²) in [6, 6.07) is 7.84. The molecule has 0 radical (unpaired) electrons. The Kier molecular flexibility index (Phi) is 4.93. The largest absolute Gasteiger partial charge is 0.349 e. The molecular formula is C20H21ClN4O3. The number of rotatable bonds is 3. The van der Waals surface area contributed by atoms with Crippen molar-refractivity contribution in [1.29, 1.82) is 0 Å². The number of aromatic nitrogens is 2. The molecule has 2 amide bonds. The van der Waals surface area contributed by atoms with E-state index in [9.17, 15) is 14.4 Å². The zero-order valence-corrected chi connectivity index (χ0v) is 16.2. The first-order valence-corrected chi connectivity index (χ1v) is 9.67. The van der Waals surface area contributed by atoms with Crippen LogP contribution in [-0.4, -0.2) is 39.4 Å². The molecule has 146 valence electrons. The van der Waals surface area contributed by atoms with Crippen molar-refractivity contribution >= 4 is 23.4 Å². The van der Waals surface area contributed by atoms with E-state index in [0.29, 0.717) is 23.8 Å². The minimum absolute atomic E-state index is 0.0131. The minimum Gasteiger partial charge on any atom is -0.349 e. The zero-order chi connectivity index (χ0) is 19.8. The van der Waals surface area contributed by atoms with Gasteiger partial charge in [0.1, 0.15) is 6.04 Å². The number of amides is 2. The predicted octanol–water partition coefficient (Wildman–Crippen LogP) is 1.72. The highest BCUT2D eigenvalue weighted by molar-refractivity contribution is 6.31. The molecule has 0 spiro atoms. The van der Waals surface area contributed by atoms with Crippen molar-refractivity contribution in [3.05, 3.63) is 63.3 Å².